The van der Waals surface area contributed by atoms with Crippen molar-refractivity contribution >= 4 is 144 Å². The summed E-state index contributed by atoms with van der Waals surface area (Å²) in [5, 5.41) is 16.0. The van der Waals surface area contributed by atoms with E-state index in [1.165, 1.54) is 21.5 Å². The highest BCUT2D eigenvalue weighted by Crippen LogP contribution is 2.56. The predicted octanol–water partition coefficient (Wildman–Crippen LogP) is 29.7. The molecule has 506 valence electrons. The average Bonchev–Trinajstić information content (AvgIpc) is 0.699. The van der Waals surface area contributed by atoms with Crippen molar-refractivity contribution in [2.24, 2.45) is 0 Å². The number of rotatable bonds is 16. The Balaban J connectivity index is 0.941. The monoisotopic (exact) mass is 1370 g/mol. The summed E-state index contributed by atoms with van der Waals surface area (Å²) in [6, 6.07) is 157. The van der Waals surface area contributed by atoms with Crippen LogP contribution in [0.4, 0.5) is 68.2 Å². The van der Waals surface area contributed by atoms with Crippen molar-refractivity contribution in [1.82, 2.24) is 0 Å². The number of hydrogen-bond acceptors (Lipinski definition) is 4. The van der Waals surface area contributed by atoms with Crippen LogP contribution in [0, 0.1) is 0 Å². The zero-order valence-corrected chi connectivity index (χ0v) is 59.2. The fourth-order valence-electron chi connectivity index (χ4n) is 16.4. The van der Waals surface area contributed by atoms with Crippen LogP contribution in [0.2, 0.25) is 0 Å². The Bertz CT molecular complexity index is 5890. The Kier molecular flexibility index (Phi) is 15.9. The lowest BCUT2D eigenvalue weighted by atomic mass is 9.89. The van der Waals surface area contributed by atoms with E-state index in [1.807, 2.05) is 0 Å². The maximum Gasteiger partial charge on any atom is 0.0561 e. The van der Waals surface area contributed by atoms with Crippen LogP contribution < -0.4 is 19.6 Å². The highest BCUT2D eigenvalue weighted by molar-refractivity contribution is 6.33. The summed E-state index contributed by atoms with van der Waals surface area (Å²) in [6.45, 7) is 0. The number of fused-ring (bicyclic) bond motifs is 4. The van der Waals surface area contributed by atoms with Crippen LogP contribution in [0.25, 0.3) is 120 Å². The lowest BCUT2D eigenvalue weighted by Crippen LogP contribution is -2.16. The molecular formula is C104H70N4. The fourth-order valence-corrected chi connectivity index (χ4v) is 16.4. The molecule has 0 aromatic heterocycles. The number of benzene rings is 20. The van der Waals surface area contributed by atoms with Gasteiger partial charge in [0.2, 0.25) is 0 Å². The zero-order valence-electron chi connectivity index (χ0n) is 59.2. The molecule has 4 nitrogen and oxygen atoms in total. The molecule has 0 amide bonds. The topological polar surface area (TPSA) is 13.0 Å². The van der Waals surface area contributed by atoms with E-state index in [0.717, 1.165) is 167 Å². The Morgan fingerprint density at radius 1 is 0.120 bits per heavy atom. The quantitative estimate of drug-likeness (QED) is 0.0894. The van der Waals surface area contributed by atoms with Crippen LogP contribution in [0.1, 0.15) is 0 Å². The van der Waals surface area contributed by atoms with Gasteiger partial charge >= 0.3 is 0 Å². The van der Waals surface area contributed by atoms with Gasteiger partial charge in [0, 0.05) is 77.8 Å². The van der Waals surface area contributed by atoms with Gasteiger partial charge in [-0.05, 0) is 197 Å². The van der Waals surface area contributed by atoms with Crippen molar-refractivity contribution in [3.8, 4) is 44.5 Å². The minimum Gasteiger partial charge on any atom is -0.310 e. The van der Waals surface area contributed by atoms with Crippen molar-refractivity contribution < 1.29 is 0 Å². The first-order valence-corrected chi connectivity index (χ1v) is 37.1. The predicted molar refractivity (Wildman–Crippen MR) is 461 cm³/mol. The maximum atomic E-state index is 2.51. The Hall–Kier alpha value is -14.3. The van der Waals surface area contributed by atoms with E-state index in [0.29, 0.717) is 0 Å². The lowest BCUT2D eigenvalue weighted by molar-refractivity contribution is 1.27. The standard InChI is InChI=1S/C104H70N4/c1-5-21-71(22-6-1)79-37-49-87(50-38-79)105(91-57-45-75-29-13-17-33-83(75)65-91)99-69-100(106(92-58-46-76-30-14-18-34-84(76)66-92)88-51-39-80(40-52-88)72-23-7-2-8-24-72)96-63-64-98-102(108(94-60-48-78-32-16-20-36-86(78)68-94)90-55-43-82(44-56-90)74-27-11-4-12-28-74)70-101(97-62-61-95(99)103(96)104(97)98)107(93-59-47-77-31-15-19-35-85(77)67-93)89-53-41-81(42-54-89)73-25-9-3-10-26-73/h1-70H. The second-order valence-electron chi connectivity index (χ2n) is 28.0. The van der Waals surface area contributed by atoms with Gasteiger partial charge in [0.15, 0.2) is 0 Å². The summed E-state index contributed by atoms with van der Waals surface area (Å²) in [6.07, 6.45) is 0. The number of nitrogens with zero attached hydrogens (tertiary/aromatic N) is 4. The van der Waals surface area contributed by atoms with Crippen molar-refractivity contribution in [3.05, 3.63) is 425 Å². The summed E-state index contributed by atoms with van der Waals surface area (Å²) in [5.41, 5.74) is 21.6. The first-order chi connectivity index (χ1) is 53.5. The van der Waals surface area contributed by atoms with E-state index in [1.54, 1.807) is 0 Å². The van der Waals surface area contributed by atoms with E-state index in [4.69, 9.17) is 0 Å². The molecule has 0 saturated heterocycles. The van der Waals surface area contributed by atoms with Crippen molar-refractivity contribution in [2.75, 3.05) is 19.6 Å². The van der Waals surface area contributed by atoms with Crippen molar-refractivity contribution in [1.29, 1.82) is 0 Å². The molecule has 20 aromatic rings. The largest absolute Gasteiger partial charge is 0.310 e. The van der Waals surface area contributed by atoms with E-state index in [2.05, 4.69) is 444 Å². The van der Waals surface area contributed by atoms with Gasteiger partial charge in [-0.1, -0.05) is 315 Å². The molecular weight excluding hydrogens is 1310 g/mol. The smallest absolute Gasteiger partial charge is 0.0561 e. The Morgan fingerprint density at radius 3 is 0.509 bits per heavy atom. The molecule has 0 spiro atoms. The molecule has 20 rings (SSSR count). The third kappa shape index (κ3) is 11.5. The third-order valence-corrected chi connectivity index (χ3v) is 21.7. The summed E-state index contributed by atoms with van der Waals surface area (Å²) in [4.78, 5) is 10.1. The average molecular weight is 1380 g/mol. The highest BCUT2D eigenvalue weighted by atomic mass is 15.2. The molecule has 0 aliphatic heterocycles. The van der Waals surface area contributed by atoms with Crippen LogP contribution >= 0.6 is 0 Å². The van der Waals surface area contributed by atoms with Gasteiger partial charge in [-0.3, -0.25) is 0 Å². The molecule has 0 bridgehead atoms. The van der Waals surface area contributed by atoms with Crippen LogP contribution in [-0.4, -0.2) is 0 Å². The zero-order chi connectivity index (χ0) is 71.4. The molecule has 20 aromatic carbocycles. The Labute approximate surface area is 628 Å². The second-order valence-corrected chi connectivity index (χ2v) is 28.0. The van der Waals surface area contributed by atoms with E-state index < -0.39 is 0 Å². The summed E-state index contributed by atoms with van der Waals surface area (Å²) in [7, 11) is 0. The molecule has 0 radical (unpaired) electrons. The minimum atomic E-state index is 1.03. The van der Waals surface area contributed by atoms with Crippen LogP contribution in [-0.2, 0) is 0 Å². The molecule has 0 unspecified atom stereocenters. The second kappa shape index (κ2) is 27.1. The first-order valence-electron chi connectivity index (χ1n) is 37.1. The summed E-state index contributed by atoms with van der Waals surface area (Å²) >= 11 is 0. The molecule has 0 heterocycles. The third-order valence-electron chi connectivity index (χ3n) is 21.7. The van der Waals surface area contributed by atoms with E-state index in [9.17, 15) is 0 Å². The number of hydrogen-bond donors (Lipinski definition) is 0. The van der Waals surface area contributed by atoms with E-state index in [-0.39, 0.29) is 0 Å². The molecule has 0 saturated carbocycles. The van der Waals surface area contributed by atoms with Gasteiger partial charge in [0.25, 0.3) is 0 Å². The van der Waals surface area contributed by atoms with Crippen molar-refractivity contribution in [2.45, 2.75) is 0 Å². The van der Waals surface area contributed by atoms with Crippen LogP contribution in [0.3, 0.4) is 0 Å². The minimum absolute atomic E-state index is 1.03. The first kappa shape index (κ1) is 63.4. The molecule has 4 heteroatoms. The van der Waals surface area contributed by atoms with Crippen molar-refractivity contribution in [3.63, 3.8) is 0 Å². The molecule has 0 aliphatic rings. The number of anilines is 12. The molecule has 108 heavy (non-hydrogen) atoms. The van der Waals surface area contributed by atoms with Gasteiger partial charge in [0.1, 0.15) is 0 Å². The van der Waals surface area contributed by atoms with Gasteiger partial charge in [-0.2, -0.15) is 0 Å². The molecule has 0 fully saturated rings. The molecule has 0 N–H and O–H groups in total. The normalized spacial score (nSPS) is 11.5. The lowest BCUT2D eigenvalue weighted by Gasteiger charge is -2.35. The molecule has 0 atom stereocenters. The summed E-state index contributed by atoms with van der Waals surface area (Å²) in [5.74, 6) is 0. The fraction of sp³-hybridized carbons (Fsp3) is 0. The van der Waals surface area contributed by atoms with Crippen LogP contribution in [0.5, 0.6) is 0 Å². The van der Waals surface area contributed by atoms with Gasteiger partial charge in [-0.25, -0.2) is 0 Å². The Morgan fingerprint density at radius 2 is 0.296 bits per heavy atom. The van der Waals surface area contributed by atoms with Gasteiger partial charge in [-0.15, -0.1) is 0 Å². The highest BCUT2D eigenvalue weighted by Gasteiger charge is 2.30. The van der Waals surface area contributed by atoms with Gasteiger partial charge < -0.3 is 19.6 Å². The van der Waals surface area contributed by atoms with E-state index >= 15 is 0 Å². The SMILES string of the molecule is c1ccc(-c2ccc(N(c3ccc4ccccc4c3)c3cc(N(c4ccc(-c5ccccc5)cc4)c4ccc5ccccc5c4)c4ccc5c(N(c6ccc(-c7ccccc7)cc6)c6ccc7ccccc7c6)cc(N(c6ccc(-c7ccccc7)cc6)c6ccc7ccccc7c6)c6ccc3c4c65)cc2)cc1. The molecule has 0 aliphatic carbocycles. The maximum absolute atomic E-state index is 2.51. The summed E-state index contributed by atoms with van der Waals surface area (Å²) < 4.78 is 0. The van der Waals surface area contributed by atoms with Gasteiger partial charge in [0.05, 0.1) is 22.7 Å². The van der Waals surface area contributed by atoms with Crippen LogP contribution in [0.15, 0.2) is 425 Å².